The number of rotatable bonds is 22. The van der Waals surface area contributed by atoms with Gasteiger partial charge in [-0.05, 0) is 60.6 Å². The maximum atomic E-state index is 14.1. The van der Waals surface area contributed by atoms with Crippen LogP contribution >= 0.6 is 45.9 Å². The summed E-state index contributed by atoms with van der Waals surface area (Å²) in [7, 11) is 1.74. The molecule has 0 unspecified atom stereocenters. The number of ether oxygens (including phenoxy) is 2. The van der Waals surface area contributed by atoms with Crippen LogP contribution in [0.2, 0.25) is 9.36 Å². The van der Waals surface area contributed by atoms with E-state index in [0.29, 0.717) is 51.6 Å². The van der Waals surface area contributed by atoms with Crippen LogP contribution in [0.3, 0.4) is 0 Å². The number of thiazole rings is 1. The Morgan fingerprint density at radius 3 is 2.40 bits per heavy atom. The van der Waals surface area contributed by atoms with Gasteiger partial charge in [-0.2, -0.15) is 5.10 Å². The number of aliphatic hydroxyl groups is 1. The molecule has 366 valence electrons. The third kappa shape index (κ3) is 14.2. The fourth-order valence-electron chi connectivity index (χ4n) is 7.89. The molecule has 4 amide bonds. The number of hydrogen-bond donors (Lipinski definition) is 5. The number of nitrogens with zero attached hydrogens (tertiary/aromatic N) is 4. The van der Waals surface area contributed by atoms with Gasteiger partial charge in [0, 0.05) is 51.1 Å². The minimum absolute atomic E-state index is 0.0126. The summed E-state index contributed by atoms with van der Waals surface area (Å²) in [6.45, 7) is 11.0. The number of carbonyl (C=O) groups is 4. The molecular formula is C48H59Cl2FN8O7S2. The molecule has 5 aromatic rings. The fraction of sp³-hybridized carbons (Fsp3) is 0.458. The lowest BCUT2D eigenvalue weighted by Gasteiger charge is -2.35. The summed E-state index contributed by atoms with van der Waals surface area (Å²) in [6.07, 6.45) is 1.06. The lowest BCUT2D eigenvalue weighted by molar-refractivity contribution is -0.144. The Hall–Kier alpha value is -4.79. The van der Waals surface area contributed by atoms with Gasteiger partial charge in [-0.15, -0.1) is 22.7 Å². The first-order chi connectivity index (χ1) is 32.4. The number of halogens is 3. The molecule has 5 N–H and O–H groups in total. The van der Waals surface area contributed by atoms with Crippen molar-refractivity contribution in [2.45, 2.75) is 84.2 Å². The maximum Gasteiger partial charge on any atom is 0.261 e. The number of carbonyl (C=O) groups excluding carboxylic acids is 4. The number of amides is 4. The lowest BCUT2D eigenvalue weighted by atomic mass is 9.85. The highest BCUT2D eigenvalue weighted by molar-refractivity contribution is 7.18. The summed E-state index contributed by atoms with van der Waals surface area (Å²) in [5, 5.41) is 27.4. The first-order valence-electron chi connectivity index (χ1n) is 22.4. The third-order valence-corrected chi connectivity index (χ3v) is 14.1. The second-order valence-corrected chi connectivity index (χ2v) is 20.7. The van der Waals surface area contributed by atoms with Crippen LogP contribution in [0, 0.1) is 18.2 Å². The van der Waals surface area contributed by atoms with Crippen LogP contribution in [0.5, 0.6) is 0 Å². The molecule has 1 aliphatic heterocycles. The van der Waals surface area contributed by atoms with E-state index >= 15 is 0 Å². The number of nitrogens with one attached hydrogen (secondary N) is 4. The Bertz CT molecular complexity index is 2490. The summed E-state index contributed by atoms with van der Waals surface area (Å²) in [6, 6.07) is 13.2. The van der Waals surface area contributed by atoms with Crippen molar-refractivity contribution in [3.63, 3.8) is 0 Å². The van der Waals surface area contributed by atoms with Crippen LogP contribution in [-0.2, 0) is 37.3 Å². The van der Waals surface area contributed by atoms with Crippen molar-refractivity contribution in [3.05, 3.63) is 103 Å². The Morgan fingerprint density at radius 2 is 1.74 bits per heavy atom. The second-order valence-electron chi connectivity index (χ2n) is 17.8. The van der Waals surface area contributed by atoms with Gasteiger partial charge in [0.2, 0.25) is 17.7 Å². The topological polar surface area (TPSA) is 189 Å². The monoisotopic (exact) mass is 1010 g/mol. The molecule has 1 saturated heterocycles. The van der Waals surface area contributed by atoms with Crippen LogP contribution in [0.15, 0.2) is 66.3 Å². The van der Waals surface area contributed by atoms with E-state index in [1.54, 1.807) is 41.3 Å². The van der Waals surface area contributed by atoms with Crippen molar-refractivity contribution in [3.8, 4) is 21.7 Å². The Morgan fingerprint density at radius 1 is 1.00 bits per heavy atom. The number of β-amino-alcohol motifs (C(OH)–C–C–N with tert-alkyl or cyclic N) is 1. The largest absolute Gasteiger partial charge is 0.391 e. The van der Waals surface area contributed by atoms with Gasteiger partial charge in [0.15, 0.2) is 0 Å². The van der Waals surface area contributed by atoms with E-state index in [9.17, 15) is 28.7 Å². The zero-order chi connectivity index (χ0) is 49.1. The van der Waals surface area contributed by atoms with E-state index < -0.39 is 41.5 Å². The summed E-state index contributed by atoms with van der Waals surface area (Å²) in [5.41, 5.74) is 5.90. The molecule has 2 aromatic carbocycles. The molecule has 0 bridgehead atoms. The molecule has 20 heteroatoms. The van der Waals surface area contributed by atoms with E-state index in [0.717, 1.165) is 38.6 Å². The molecule has 0 aliphatic carbocycles. The maximum absolute atomic E-state index is 14.1. The number of benzene rings is 2. The molecule has 6 rings (SSSR count). The SMILES string of the molecule is Cc1ncsc1-c1ccc([C@H](C)NC(=O)[C@@H]2C[C@@H](O)CN2C(=O)[C@@H](NC(=O)CCOCCOCCNC[C@H](Cc2cccc(F)c2)NC(=O)c2cc(-c3c(Cl)cnn3C)c(Cl)s2)C(C)(C)C)cc1. The quantitative estimate of drug-likeness (QED) is 0.0464. The summed E-state index contributed by atoms with van der Waals surface area (Å²) >= 11 is 15.5. The lowest BCUT2D eigenvalue weighted by Crippen LogP contribution is -2.58. The van der Waals surface area contributed by atoms with Gasteiger partial charge in [-0.3, -0.25) is 23.9 Å². The summed E-state index contributed by atoms with van der Waals surface area (Å²) < 4.78 is 27.4. The minimum Gasteiger partial charge on any atom is -0.391 e. The molecule has 68 heavy (non-hydrogen) atoms. The van der Waals surface area contributed by atoms with Crippen LogP contribution in [0.4, 0.5) is 4.39 Å². The van der Waals surface area contributed by atoms with Gasteiger partial charge < -0.3 is 40.7 Å². The Labute approximate surface area is 414 Å². The zero-order valence-corrected chi connectivity index (χ0v) is 42.1. The molecular weight excluding hydrogens is 955 g/mol. The smallest absolute Gasteiger partial charge is 0.261 e. The van der Waals surface area contributed by atoms with Crippen molar-refractivity contribution >= 4 is 69.5 Å². The standard InChI is InChI=1S/C48H59Cl2FN8O7S2/c1-28(31-10-12-32(13-11-31)42-29(2)53-27-67-42)55-45(62)38-22-35(60)26-59(38)47(64)43(48(3,4)5)57-40(61)14-16-65-18-19-66-17-15-52-24-34(21-30-8-7-9-33(51)20-30)56-46(63)39-23-36(44(50)68-39)41-37(49)25-54-58(41)6/h7-13,20,23,25,27-28,34-35,38,43,52,60H,14-19,21-22,24,26H2,1-6H3,(H,55,62)(H,56,63)(H,57,61)/t28-,34-,35+,38-,43+/m0/s1. The van der Waals surface area contributed by atoms with E-state index in [-0.39, 0.29) is 62.9 Å². The number of thiophene rings is 1. The van der Waals surface area contributed by atoms with Crippen molar-refractivity contribution < 1.29 is 38.1 Å². The Balaban J connectivity index is 0.911. The highest BCUT2D eigenvalue weighted by Gasteiger charge is 2.44. The molecule has 3 aromatic heterocycles. The zero-order valence-electron chi connectivity index (χ0n) is 38.9. The van der Waals surface area contributed by atoms with Gasteiger partial charge in [-0.1, -0.05) is 80.4 Å². The molecule has 0 radical (unpaired) electrons. The number of hydrogen-bond acceptors (Lipinski definition) is 12. The highest BCUT2D eigenvalue weighted by Crippen LogP contribution is 2.39. The molecule has 0 spiro atoms. The molecule has 4 heterocycles. The molecule has 5 atom stereocenters. The number of aliphatic hydroxyl groups excluding tert-OH is 1. The highest BCUT2D eigenvalue weighted by atomic mass is 35.5. The second kappa shape index (κ2) is 24.2. The van der Waals surface area contributed by atoms with Gasteiger partial charge in [0.05, 0.1) is 76.4 Å². The van der Waals surface area contributed by atoms with Crippen LogP contribution in [0.1, 0.15) is 73.1 Å². The average Bonchev–Trinajstić information content (AvgIpc) is 4.08. The van der Waals surface area contributed by atoms with Crippen LogP contribution < -0.4 is 21.3 Å². The normalized spacial score (nSPS) is 16.4. The third-order valence-electron chi connectivity index (χ3n) is 11.5. The van der Waals surface area contributed by atoms with E-state index in [1.165, 1.54) is 23.2 Å². The average molecular weight is 1010 g/mol. The van der Waals surface area contributed by atoms with Crippen molar-refractivity contribution in [2.75, 3.05) is 46.1 Å². The Kier molecular flexibility index (Phi) is 18.7. The number of likely N-dealkylation sites (tertiary alicyclic amines) is 1. The van der Waals surface area contributed by atoms with Gasteiger partial charge in [0.25, 0.3) is 5.91 Å². The summed E-state index contributed by atoms with van der Waals surface area (Å²) in [4.78, 5) is 61.5. The van der Waals surface area contributed by atoms with Crippen molar-refractivity contribution in [1.29, 1.82) is 0 Å². The first kappa shape index (κ1) is 52.6. The van der Waals surface area contributed by atoms with Gasteiger partial charge in [-0.25, -0.2) is 9.37 Å². The predicted octanol–water partition coefficient (Wildman–Crippen LogP) is 6.75. The van der Waals surface area contributed by atoms with Crippen molar-refractivity contribution in [1.82, 2.24) is 40.9 Å². The van der Waals surface area contributed by atoms with Crippen LogP contribution in [-0.4, -0.2) is 119 Å². The first-order valence-corrected chi connectivity index (χ1v) is 24.8. The van der Waals surface area contributed by atoms with Gasteiger partial charge in [0.1, 0.15) is 22.2 Å². The van der Waals surface area contributed by atoms with Crippen molar-refractivity contribution in [2.24, 2.45) is 12.5 Å². The van der Waals surface area contributed by atoms with Gasteiger partial charge >= 0.3 is 0 Å². The summed E-state index contributed by atoms with van der Waals surface area (Å²) in [5.74, 6) is -1.92. The fourth-order valence-corrected chi connectivity index (χ4v) is 10.2. The van der Waals surface area contributed by atoms with E-state index in [4.69, 9.17) is 32.7 Å². The predicted molar refractivity (Wildman–Crippen MR) is 263 cm³/mol. The van der Waals surface area contributed by atoms with Crippen LogP contribution in [0.25, 0.3) is 21.7 Å². The molecule has 0 saturated carbocycles. The molecule has 15 nitrogen and oxygen atoms in total. The molecule has 1 aliphatic rings. The van der Waals surface area contributed by atoms with E-state index in [1.807, 2.05) is 64.4 Å². The number of aryl methyl sites for hydroxylation is 2. The molecule has 1 fully saturated rings. The number of aromatic nitrogens is 3. The minimum atomic E-state index is -0.965. The van der Waals surface area contributed by atoms with E-state index in [2.05, 4.69) is 31.3 Å².